The van der Waals surface area contributed by atoms with Crippen molar-refractivity contribution in [1.82, 2.24) is 15.1 Å². The van der Waals surface area contributed by atoms with Gasteiger partial charge in [0.25, 0.3) is 0 Å². The number of aryl methyl sites for hydroxylation is 2. The van der Waals surface area contributed by atoms with Crippen LogP contribution in [-0.4, -0.2) is 35.4 Å². The van der Waals surface area contributed by atoms with E-state index in [1.807, 2.05) is 42.2 Å². The van der Waals surface area contributed by atoms with Gasteiger partial charge in [0.2, 0.25) is 5.91 Å². The summed E-state index contributed by atoms with van der Waals surface area (Å²) in [6.07, 6.45) is 5.65. The second kappa shape index (κ2) is 6.78. The molecule has 25 heavy (non-hydrogen) atoms. The van der Waals surface area contributed by atoms with Gasteiger partial charge in [-0.2, -0.15) is 5.10 Å². The van der Waals surface area contributed by atoms with Crippen LogP contribution < -0.4 is 14.8 Å². The molecule has 2 atom stereocenters. The smallest absolute Gasteiger partial charge is 0.223 e. The van der Waals surface area contributed by atoms with E-state index < -0.39 is 0 Å². The summed E-state index contributed by atoms with van der Waals surface area (Å²) in [6, 6.07) is 6.02. The first-order chi connectivity index (χ1) is 12.2. The molecule has 0 spiro atoms. The summed E-state index contributed by atoms with van der Waals surface area (Å²) < 4.78 is 13.1. The molecule has 0 bridgehead atoms. The molecule has 1 aromatic carbocycles. The van der Waals surface area contributed by atoms with Crippen molar-refractivity contribution in [1.29, 1.82) is 0 Å². The summed E-state index contributed by atoms with van der Waals surface area (Å²) in [4.78, 5) is 12.3. The topological polar surface area (TPSA) is 65.4 Å². The van der Waals surface area contributed by atoms with E-state index in [-0.39, 0.29) is 11.8 Å². The number of benzene rings is 1. The van der Waals surface area contributed by atoms with Gasteiger partial charge in [-0.15, -0.1) is 0 Å². The minimum Gasteiger partial charge on any atom is -0.486 e. The van der Waals surface area contributed by atoms with E-state index in [2.05, 4.69) is 10.4 Å². The molecule has 2 heterocycles. The number of rotatable bonds is 6. The van der Waals surface area contributed by atoms with Gasteiger partial charge in [-0.05, 0) is 48.9 Å². The van der Waals surface area contributed by atoms with Gasteiger partial charge in [-0.3, -0.25) is 9.48 Å². The average molecular weight is 341 g/mol. The molecular weight excluding hydrogens is 318 g/mol. The number of aromatic nitrogens is 2. The van der Waals surface area contributed by atoms with Crippen molar-refractivity contribution in [3.8, 4) is 11.5 Å². The van der Waals surface area contributed by atoms with Gasteiger partial charge in [0.05, 0.1) is 6.20 Å². The molecule has 0 radical (unpaired) electrons. The molecule has 1 aliphatic heterocycles. The third-order valence-corrected chi connectivity index (χ3v) is 4.75. The van der Waals surface area contributed by atoms with E-state index in [9.17, 15) is 4.79 Å². The van der Waals surface area contributed by atoms with E-state index in [1.54, 1.807) is 0 Å². The minimum absolute atomic E-state index is 0.0782. The lowest BCUT2D eigenvalue weighted by Crippen LogP contribution is -2.27. The fourth-order valence-corrected chi connectivity index (χ4v) is 3.32. The Hall–Kier alpha value is -2.50. The molecule has 4 rings (SSSR count). The highest BCUT2D eigenvalue weighted by Gasteiger charge is 2.44. The largest absolute Gasteiger partial charge is 0.486 e. The van der Waals surface area contributed by atoms with E-state index in [0.29, 0.717) is 25.7 Å². The second-order valence-corrected chi connectivity index (χ2v) is 6.78. The van der Waals surface area contributed by atoms with Crippen LogP contribution in [0.5, 0.6) is 11.5 Å². The number of fused-ring (bicyclic) bond motifs is 1. The maximum atomic E-state index is 12.3. The molecule has 1 aromatic heterocycles. The highest BCUT2D eigenvalue weighted by molar-refractivity contribution is 5.82. The fourth-order valence-electron chi connectivity index (χ4n) is 3.32. The molecule has 1 amide bonds. The van der Waals surface area contributed by atoms with Crippen molar-refractivity contribution >= 4 is 5.91 Å². The predicted octanol–water partition coefficient (Wildman–Crippen LogP) is 2.27. The molecule has 1 saturated carbocycles. The van der Waals surface area contributed by atoms with Gasteiger partial charge in [0.15, 0.2) is 11.5 Å². The molecular formula is C19H23N3O3. The Labute approximate surface area is 147 Å². The number of amides is 1. The van der Waals surface area contributed by atoms with Crippen LogP contribution in [0.2, 0.25) is 0 Å². The number of carbonyl (C=O) groups is 1. The zero-order valence-electron chi connectivity index (χ0n) is 14.4. The van der Waals surface area contributed by atoms with Crippen LogP contribution in [0, 0.1) is 12.8 Å². The van der Waals surface area contributed by atoms with Crippen LogP contribution in [-0.2, 0) is 11.3 Å². The lowest BCUT2D eigenvalue weighted by Gasteiger charge is -2.18. The zero-order valence-corrected chi connectivity index (χ0v) is 14.4. The third-order valence-electron chi connectivity index (χ3n) is 4.75. The van der Waals surface area contributed by atoms with Crippen LogP contribution in [0.25, 0.3) is 0 Å². The maximum Gasteiger partial charge on any atom is 0.223 e. The normalized spacial score (nSPS) is 21.0. The predicted molar refractivity (Wildman–Crippen MR) is 92.9 cm³/mol. The molecule has 6 heteroatoms. The summed E-state index contributed by atoms with van der Waals surface area (Å²) in [5, 5.41) is 7.30. The highest BCUT2D eigenvalue weighted by Crippen LogP contribution is 2.49. The number of hydrogen-bond donors (Lipinski definition) is 1. The molecule has 6 nitrogen and oxygen atoms in total. The SMILES string of the molecule is Cc1cnn(CCCNC(=O)[C@@H]2C[C@@H]2c2ccc3c(c2)OCCO3)c1. The first-order valence-electron chi connectivity index (χ1n) is 8.87. The zero-order chi connectivity index (χ0) is 17.2. The van der Waals surface area contributed by atoms with Crippen molar-refractivity contribution in [3.63, 3.8) is 0 Å². The summed E-state index contributed by atoms with van der Waals surface area (Å²) >= 11 is 0. The number of nitrogens with one attached hydrogen (secondary N) is 1. The third kappa shape index (κ3) is 3.62. The summed E-state index contributed by atoms with van der Waals surface area (Å²) in [6.45, 7) is 4.71. The van der Waals surface area contributed by atoms with Gasteiger partial charge in [-0.1, -0.05) is 6.07 Å². The van der Waals surface area contributed by atoms with Crippen LogP contribution in [0.15, 0.2) is 30.6 Å². The Morgan fingerprint density at radius 3 is 2.96 bits per heavy atom. The maximum absolute atomic E-state index is 12.3. The standard InChI is InChI=1S/C19H23N3O3/c1-13-11-21-22(12-13)6-2-5-20-19(23)16-10-15(16)14-3-4-17-18(9-14)25-8-7-24-17/h3-4,9,11-12,15-16H,2,5-8,10H2,1H3,(H,20,23)/t15-,16-/m1/s1. The molecule has 0 unspecified atom stereocenters. The Balaban J connectivity index is 1.24. The van der Waals surface area contributed by atoms with Gasteiger partial charge in [0.1, 0.15) is 13.2 Å². The Bertz CT molecular complexity index is 771. The average Bonchev–Trinajstić information content (AvgIpc) is 3.33. The van der Waals surface area contributed by atoms with Crippen LogP contribution in [0.1, 0.15) is 29.9 Å². The molecule has 1 aliphatic carbocycles. The van der Waals surface area contributed by atoms with Crippen LogP contribution >= 0.6 is 0 Å². The molecule has 132 valence electrons. The lowest BCUT2D eigenvalue weighted by molar-refractivity contribution is -0.122. The molecule has 2 aromatic rings. The van der Waals surface area contributed by atoms with Gasteiger partial charge in [0, 0.05) is 25.2 Å². The van der Waals surface area contributed by atoms with Gasteiger partial charge < -0.3 is 14.8 Å². The van der Waals surface area contributed by atoms with E-state index in [4.69, 9.17) is 9.47 Å². The number of nitrogens with zero attached hydrogens (tertiary/aromatic N) is 2. The first kappa shape index (κ1) is 16.0. The highest BCUT2D eigenvalue weighted by atomic mass is 16.6. The van der Waals surface area contributed by atoms with Crippen LogP contribution in [0.3, 0.4) is 0 Å². The van der Waals surface area contributed by atoms with Crippen molar-refractivity contribution in [2.24, 2.45) is 5.92 Å². The van der Waals surface area contributed by atoms with Crippen LogP contribution in [0.4, 0.5) is 0 Å². The fraction of sp³-hybridized carbons (Fsp3) is 0.474. The molecule has 2 aliphatic rings. The molecule has 0 saturated heterocycles. The summed E-state index contributed by atoms with van der Waals surface area (Å²) in [5.41, 5.74) is 2.32. The van der Waals surface area contributed by atoms with E-state index >= 15 is 0 Å². The summed E-state index contributed by atoms with van der Waals surface area (Å²) in [7, 11) is 0. The number of ether oxygens (including phenoxy) is 2. The van der Waals surface area contributed by atoms with Crippen molar-refractivity contribution in [2.75, 3.05) is 19.8 Å². The first-order valence-corrected chi connectivity index (χ1v) is 8.87. The minimum atomic E-state index is 0.0782. The van der Waals surface area contributed by atoms with Crippen molar-refractivity contribution < 1.29 is 14.3 Å². The van der Waals surface area contributed by atoms with Gasteiger partial charge in [-0.25, -0.2) is 0 Å². The Morgan fingerprint density at radius 2 is 2.16 bits per heavy atom. The summed E-state index contributed by atoms with van der Waals surface area (Å²) in [5.74, 6) is 2.12. The van der Waals surface area contributed by atoms with Crippen molar-refractivity contribution in [3.05, 3.63) is 41.7 Å². The Kier molecular flexibility index (Phi) is 4.34. The molecule has 1 N–H and O–H groups in total. The number of carbonyl (C=O) groups excluding carboxylic acids is 1. The lowest BCUT2D eigenvalue weighted by atomic mass is 10.1. The second-order valence-electron chi connectivity index (χ2n) is 6.78. The van der Waals surface area contributed by atoms with Gasteiger partial charge >= 0.3 is 0 Å². The quantitative estimate of drug-likeness (QED) is 0.819. The van der Waals surface area contributed by atoms with Crippen molar-refractivity contribution in [2.45, 2.75) is 32.2 Å². The monoisotopic (exact) mass is 341 g/mol. The number of hydrogen-bond acceptors (Lipinski definition) is 4. The Morgan fingerprint density at radius 1 is 1.32 bits per heavy atom. The van der Waals surface area contributed by atoms with E-state index in [1.165, 1.54) is 0 Å². The molecule has 1 fully saturated rings. The van der Waals surface area contributed by atoms with E-state index in [0.717, 1.165) is 42.0 Å².